The van der Waals surface area contributed by atoms with Gasteiger partial charge in [-0.3, -0.25) is 9.59 Å². The molecule has 1 aromatic carbocycles. The SMILES string of the molecule is CN(C)C(=O)c1cc(=O)ccn1C(=O)OCc1ccccc1. The van der Waals surface area contributed by atoms with E-state index in [-0.39, 0.29) is 17.7 Å². The van der Waals surface area contributed by atoms with Crippen molar-refractivity contribution in [2.24, 2.45) is 0 Å². The first-order valence-corrected chi connectivity index (χ1v) is 6.64. The van der Waals surface area contributed by atoms with Crippen LogP contribution in [0.3, 0.4) is 0 Å². The lowest BCUT2D eigenvalue weighted by Gasteiger charge is -2.15. The predicted molar refractivity (Wildman–Crippen MR) is 80.7 cm³/mol. The van der Waals surface area contributed by atoms with Crippen molar-refractivity contribution < 1.29 is 14.3 Å². The fourth-order valence-electron chi connectivity index (χ4n) is 1.82. The minimum absolute atomic E-state index is 0.0319. The highest BCUT2D eigenvalue weighted by atomic mass is 16.5. The number of benzene rings is 1. The number of hydrogen-bond donors (Lipinski definition) is 0. The van der Waals surface area contributed by atoms with Crippen molar-refractivity contribution in [3.63, 3.8) is 0 Å². The van der Waals surface area contributed by atoms with E-state index in [0.29, 0.717) is 0 Å². The summed E-state index contributed by atoms with van der Waals surface area (Å²) in [5, 5.41) is 0. The molecular weight excluding hydrogens is 284 g/mol. The minimum atomic E-state index is -0.714. The van der Waals surface area contributed by atoms with Crippen molar-refractivity contribution in [1.29, 1.82) is 0 Å². The number of nitrogens with zero attached hydrogens (tertiary/aromatic N) is 2. The van der Waals surface area contributed by atoms with Crippen LogP contribution >= 0.6 is 0 Å². The topological polar surface area (TPSA) is 68.6 Å². The van der Waals surface area contributed by atoms with Gasteiger partial charge >= 0.3 is 6.09 Å². The van der Waals surface area contributed by atoms with Crippen LogP contribution in [0.25, 0.3) is 0 Å². The van der Waals surface area contributed by atoms with Crippen LogP contribution in [0, 0.1) is 0 Å². The Hall–Kier alpha value is -2.89. The van der Waals surface area contributed by atoms with E-state index in [1.54, 1.807) is 14.1 Å². The fourth-order valence-corrected chi connectivity index (χ4v) is 1.82. The standard InChI is InChI=1S/C16H16N2O4/c1-17(2)15(20)14-10-13(19)8-9-18(14)16(21)22-11-12-6-4-3-5-7-12/h3-10H,11H2,1-2H3. The van der Waals surface area contributed by atoms with Crippen LogP contribution < -0.4 is 5.43 Å². The smallest absolute Gasteiger partial charge is 0.418 e. The summed E-state index contributed by atoms with van der Waals surface area (Å²) in [5.74, 6) is -0.450. The Kier molecular flexibility index (Phi) is 4.73. The summed E-state index contributed by atoms with van der Waals surface area (Å²) in [6.45, 7) is 0.0847. The average Bonchev–Trinajstić information content (AvgIpc) is 2.52. The second-order valence-corrected chi connectivity index (χ2v) is 4.86. The van der Waals surface area contributed by atoms with Gasteiger partial charge in [-0.2, -0.15) is 0 Å². The molecule has 0 radical (unpaired) electrons. The molecule has 6 nitrogen and oxygen atoms in total. The highest BCUT2D eigenvalue weighted by molar-refractivity contribution is 5.95. The van der Waals surface area contributed by atoms with Crippen molar-refractivity contribution in [1.82, 2.24) is 9.47 Å². The molecule has 1 amide bonds. The molecule has 1 aromatic heterocycles. The van der Waals surface area contributed by atoms with Gasteiger partial charge < -0.3 is 9.64 Å². The second-order valence-electron chi connectivity index (χ2n) is 4.86. The molecule has 1 heterocycles. The maximum Gasteiger partial charge on any atom is 0.418 e. The number of ether oxygens (including phenoxy) is 1. The van der Waals surface area contributed by atoms with Gasteiger partial charge in [0.1, 0.15) is 12.3 Å². The van der Waals surface area contributed by atoms with Gasteiger partial charge in [0.05, 0.1) is 0 Å². The number of carbonyl (C=O) groups is 2. The molecule has 0 aliphatic heterocycles. The molecule has 0 saturated carbocycles. The van der Waals surface area contributed by atoms with Crippen molar-refractivity contribution >= 4 is 12.0 Å². The summed E-state index contributed by atoms with van der Waals surface area (Å²) in [6.07, 6.45) is 0.529. The molecule has 0 unspecified atom stereocenters. The largest absolute Gasteiger partial charge is 0.444 e. The van der Waals surface area contributed by atoms with Crippen molar-refractivity contribution in [2.75, 3.05) is 14.1 Å². The zero-order chi connectivity index (χ0) is 16.1. The highest BCUT2D eigenvalue weighted by Gasteiger charge is 2.18. The van der Waals surface area contributed by atoms with Crippen LogP contribution in [0.1, 0.15) is 16.1 Å². The van der Waals surface area contributed by atoms with Gasteiger partial charge in [-0.05, 0) is 5.56 Å². The quantitative estimate of drug-likeness (QED) is 0.865. The number of pyridine rings is 1. The molecule has 2 aromatic rings. The van der Waals surface area contributed by atoms with Crippen LogP contribution in [-0.4, -0.2) is 35.6 Å². The van der Waals surface area contributed by atoms with E-state index in [2.05, 4.69) is 0 Å². The van der Waals surface area contributed by atoms with E-state index in [9.17, 15) is 14.4 Å². The molecule has 114 valence electrons. The van der Waals surface area contributed by atoms with E-state index in [0.717, 1.165) is 16.2 Å². The first-order valence-electron chi connectivity index (χ1n) is 6.64. The molecule has 0 fully saturated rings. The third kappa shape index (κ3) is 3.60. The van der Waals surface area contributed by atoms with Crippen molar-refractivity contribution in [2.45, 2.75) is 6.61 Å². The van der Waals surface area contributed by atoms with Gasteiger partial charge in [0.25, 0.3) is 5.91 Å². The molecule has 0 aliphatic carbocycles. The molecular formula is C16H16N2O4. The van der Waals surface area contributed by atoms with Gasteiger partial charge in [-0.15, -0.1) is 0 Å². The lowest BCUT2D eigenvalue weighted by molar-refractivity contribution is 0.0810. The van der Waals surface area contributed by atoms with E-state index in [4.69, 9.17) is 4.74 Å². The summed E-state index contributed by atoms with van der Waals surface area (Å²) in [6, 6.07) is 11.5. The molecule has 2 rings (SSSR count). The zero-order valence-electron chi connectivity index (χ0n) is 12.4. The van der Waals surface area contributed by atoms with Gasteiger partial charge in [-0.25, -0.2) is 9.36 Å². The first-order chi connectivity index (χ1) is 10.5. The summed E-state index contributed by atoms with van der Waals surface area (Å²) in [4.78, 5) is 36.9. The van der Waals surface area contributed by atoms with Crippen LogP contribution in [-0.2, 0) is 11.3 Å². The van der Waals surface area contributed by atoms with Crippen LogP contribution in [0.15, 0.2) is 53.5 Å². The Morgan fingerprint density at radius 1 is 1.14 bits per heavy atom. The zero-order valence-corrected chi connectivity index (χ0v) is 12.4. The average molecular weight is 300 g/mol. The maximum atomic E-state index is 12.1. The summed E-state index contributed by atoms with van der Waals surface area (Å²) in [5.41, 5.74) is 0.449. The van der Waals surface area contributed by atoms with E-state index in [1.807, 2.05) is 30.3 Å². The maximum absolute atomic E-state index is 12.1. The third-order valence-corrected chi connectivity index (χ3v) is 2.95. The molecule has 22 heavy (non-hydrogen) atoms. The lowest BCUT2D eigenvalue weighted by Crippen LogP contribution is -2.30. The van der Waals surface area contributed by atoms with E-state index < -0.39 is 12.0 Å². The molecule has 0 spiro atoms. The van der Waals surface area contributed by atoms with Gasteiger partial charge in [0.2, 0.25) is 0 Å². The predicted octanol–water partition coefficient (Wildman–Crippen LogP) is 1.74. The molecule has 0 aliphatic rings. The normalized spacial score (nSPS) is 10.1. The number of amides is 1. The Morgan fingerprint density at radius 2 is 1.82 bits per heavy atom. The van der Waals surface area contributed by atoms with E-state index in [1.165, 1.54) is 17.2 Å². The fraction of sp³-hybridized carbons (Fsp3) is 0.188. The Bertz CT molecular complexity index is 735. The van der Waals surface area contributed by atoms with Crippen LogP contribution in [0.2, 0.25) is 0 Å². The van der Waals surface area contributed by atoms with Crippen molar-refractivity contribution in [3.05, 3.63) is 70.1 Å². The summed E-state index contributed by atoms with van der Waals surface area (Å²) in [7, 11) is 3.08. The van der Waals surface area contributed by atoms with E-state index >= 15 is 0 Å². The molecule has 0 atom stereocenters. The van der Waals surface area contributed by atoms with Gasteiger partial charge in [0, 0.05) is 32.4 Å². The molecule has 0 bridgehead atoms. The second kappa shape index (κ2) is 6.71. The number of aromatic nitrogens is 1. The molecule has 0 saturated heterocycles. The third-order valence-electron chi connectivity index (χ3n) is 2.95. The van der Waals surface area contributed by atoms with Crippen LogP contribution in [0.4, 0.5) is 4.79 Å². The number of hydrogen-bond acceptors (Lipinski definition) is 4. The minimum Gasteiger partial charge on any atom is -0.444 e. The highest BCUT2D eigenvalue weighted by Crippen LogP contribution is 2.05. The summed E-state index contributed by atoms with van der Waals surface area (Å²) < 4.78 is 6.21. The molecule has 6 heteroatoms. The van der Waals surface area contributed by atoms with Gasteiger partial charge in [0.15, 0.2) is 5.43 Å². The van der Waals surface area contributed by atoms with Gasteiger partial charge in [-0.1, -0.05) is 30.3 Å². The van der Waals surface area contributed by atoms with Crippen molar-refractivity contribution in [3.8, 4) is 0 Å². The number of carbonyl (C=O) groups excluding carboxylic acids is 2. The van der Waals surface area contributed by atoms with Crippen LogP contribution in [0.5, 0.6) is 0 Å². The Morgan fingerprint density at radius 3 is 2.45 bits per heavy atom. The lowest BCUT2D eigenvalue weighted by atomic mass is 10.2. The summed E-state index contributed by atoms with van der Waals surface area (Å²) >= 11 is 0. The molecule has 0 N–H and O–H groups in total. The monoisotopic (exact) mass is 300 g/mol. The Balaban J connectivity index is 2.22. The Labute approximate surface area is 127 Å². The first kappa shape index (κ1) is 15.5. The number of rotatable bonds is 3.